The quantitative estimate of drug-likeness (QED) is 0.260. The number of rotatable bonds is 8. The number of hydrogen-bond acceptors (Lipinski definition) is 5. The summed E-state index contributed by atoms with van der Waals surface area (Å²) in [4.78, 5) is 28.2. The monoisotopic (exact) mass is 341 g/mol. The van der Waals surface area contributed by atoms with Crippen LogP contribution in [0.1, 0.15) is 36.7 Å². The van der Waals surface area contributed by atoms with E-state index in [0.717, 1.165) is 15.5 Å². The van der Waals surface area contributed by atoms with E-state index in [4.69, 9.17) is 16.6 Å². The highest BCUT2D eigenvalue weighted by Crippen LogP contribution is 2.29. The van der Waals surface area contributed by atoms with Gasteiger partial charge in [0.15, 0.2) is 5.96 Å². The maximum Gasteiger partial charge on any atom is 0.407 e. The summed E-state index contributed by atoms with van der Waals surface area (Å²) in [7, 11) is 0. The highest BCUT2D eigenvalue weighted by atomic mass is 16.4. The van der Waals surface area contributed by atoms with Crippen molar-refractivity contribution in [3.63, 3.8) is 0 Å². The van der Waals surface area contributed by atoms with Gasteiger partial charge < -0.3 is 31.7 Å². The van der Waals surface area contributed by atoms with Crippen molar-refractivity contribution < 1.29 is 24.9 Å². The first-order chi connectivity index (χ1) is 11.3. The van der Waals surface area contributed by atoms with Crippen molar-refractivity contribution in [1.82, 2.24) is 9.47 Å². The predicted molar refractivity (Wildman–Crippen MR) is 87.0 cm³/mol. The molecule has 0 saturated heterocycles. The molecule has 0 aliphatic rings. The average molecular weight is 341 g/mol. The zero-order valence-corrected chi connectivity index (χ0v) is 13.5. The van der Waals surface area contributed by atoms with Crippen LogP contribution in [0.4, 0.5) is 4.79 Å². The second-order valence-corrected chi connectivity index (χ2v) is 5.12. The molecular weight excluding hydrogens is 318 g/mol. The summed E-state index contributed by atoms with van der Waals surface area (Å²) >= 11 is 0. The summed E-state index contributed by atoms with van der Waals surface area (Å²) in [6, 6.07) is 1.02. The maximum atomic E-state index is 12.3. The highest BCUT2D eigenvalue weighted by molar-refractivity contribution is 5.82. The molecule has 0 unspecified atom stereocenters. The molecule has 1 amide bonds. The van der Waals surface area contributed by atoms with Gasteiger partial charge in [0, 0.05) is 25.6 Å². The second-order valence-electron chi connectivity index (χ2n) is 5.12. The molecule has 0 atom stereocenters. The molecule has 0 fully saturated rings. The Bertz CT molecular complexity index is 621. The Morgan fingerprint density at radius 1 is 1.29 bits per heavy atom. The summed E-state index contributed by atoms with van der Waals surface area (Å²) in [5.74, 6) is -1.24. The van der Waals surface area contributed by atoms with Crippen molar-refractivity contribution in [1.29, 1.82) is 0 Å². The Labute approximate surface area is 139 Å². The van der Waals surface area contributed by atoms with Crippen LogP contribution in [0.5, 0.6) is 11.6 Å². The first kappa shape index (κ1) is 19.1. The topological polar surface area (TPSA) is 167 Å². The van der Waals surface area contributed by atoms with E-state index in [0.29, 0.717) is 19.4 Å². The number of nitrogens with two attached hydrogens (primary N) is 2. The Balaban J connectivity index is 2.81. The smallest absolute Gasteiger partial charge is 0.407 e. The largest absolute Gasteiger partial charge is 0.506 e. The highest BCUT2D eigenvalue weighted by Gasteiger charge is 2.22. The molecule has 1 heterocycles. The van der Waals surface area contributed by atoms with E-state index in [2.05, 4.69) is 4.99 Å². The third-order valence-electron chi connectivity index (χ3n) is 3.40. The fourth-order valence-corrected chi connectivity index (χ4v) is 2.16. The molecule has 7 N–H and O–H groups in total. The van der Waals surface area contributed by atoms with Crippen LogP contribution < -0.4 is 11.5 Å². The Morgan fingerprint density at radius 2 is 1.96 bits per heavy atom. The Kier molecular flexibility index (Phi) is 6.90. The molecule has 10 heteroatoms. The molecule has 0 aliphatic heterocycles. The molecule has 1 aromatic rings. The molecular formula is C14H23N5O5. The lowest BCUT2D eigenvalue weighted by molar-refractivity contribution is 0.0879. The SMILES string of the molecule is CCN(Cc1c(O)cc(O)n1C(=O)CCCCN=C(N)N)C(=O)O. The van der Waals surface area contributed by atoms with E-state index in [1.165, 1.54) is 0 Å². The average Bonchev–Trinajstić information content (AvgIpc) is 2.77. The van der Waals surface area contributed by atoms with Gasteiger partial charge in [-0.15, -0.1) is 0 Å². The van der Waals surface area contributed by atoms with Gasteiger partial charge in [-0.1, -0.05) is 0 Å². The van der Waals surface area contributed by atoms with Crippen LogP contribution in [-0.4, -0.2) is 55.8 Å². The molecule has 0 spiro atoms. The van der Waals surface area contributed by atoms with Crippen LogP contribution in [0.3, 0.4) is 0 Å². The number of aliphatic imine (C=N–C) groups is 1. The van der Waals surface area contributed by atoms with Crippen LogP contribution in [0, 0.1) is 0 Å². The minimum atomic E-state index is -1.19. The van der Waals surface area contributed by atoms with Crippen LogP contribution in [0.2, 0.25) is 0 Å². The van der Waals surface area contributed by atoms with Gasteiger partial charge in [0.2, 0.25) is 11.8 Å². The summed E-state index contributed by atoms with van der Waals surface area (Å²) in [6.07, 6.45) is -0.0465. The van der Waals surface area contributed by atoms with E-state index in [-0.39, 0.29) is 36.9 Å². The lowest BCUT2D eigenvalue weighted by Gasteiger charge is -2.18. The van der Waals surface area contributed by atoms with Gasteiger partial charge >= 0.3 is 6.09 Å². The van der Waals surface area contributed by atoms with Gasteiger partial charge in [-0.25, -0.2) is 9.36 Å². The predicted octanol–water partition coefficient (Wildman–Crippen LogP) is 0.483. The number of aromatic hydroxyl groups is 2. The van der Waals surface area contributed by atoms with Gasteiger partial charge in [-0.2, -0.15) is 0 Å². The van der Waals surface area contributed by atoms with Gasteiger partial charge in [0.25, 0.3) is 0 Å². The molecule has 1 aromatic heterocycles. The van der Waals surface area contributed by atoms with Crippen molar-refractivity contribution in [2.45, 2.75) is 32.7 Å². The van der Waals surface area contributed by atoms with Crippen LogP contribution in [-0.2, 0) is 6.54 Å². The van der Waals surface area contributed by atoms with Crippen LogP contribution in [0.25, 0.3) is 0 Å². The van der Waals surface area contributed by atoms with Gasteiger partial charge in [0.05, 0.1) is 12.2 Å². The van der Waals surface area contributed by atoms with Gasteiger partial charge in [0.1, 0.15) is 5.75 Å². The molecule has 0 aliphatic carbocycles. The van der Waals surface area contributed by atoms with E-state index in [1.807, 2.05) is 0 Å². The second kappa shape index (κ2) is 8.65. The van der Waals surface area contributed by atoms with E-state index in [9.17, 15) is 19.8 Å². The molecule has 0 aromatic carbocycles. The summed E-state index contributed by atoms with van der Waals surface area (Å²) in [5.41, 5.74) is 10.4. The minimum absolute atomic E-state index is 0.0232. The van der Waals surface area contributed by atoms with Crippen molar-refractivity contribution in [3.8, 4) is 11.6 Å². The number of hydrogen-bond donors (Lipinski definition) is 5. The lowest BCUT2D eigenvalue weighted by atomic mass is 10.2. The fraction of sp³-hybridized carbons (Fsp3) is 0.500. The summed E-state index contributed by atoms with van der Waals surface area (Å²) < 4.78 is 0.932. The summed E-state index contributed by atoms with van der Waals surface area (Å²) in [5, 5.41) is 28.8. The number of carboxylic acid groups (broad SMARTS) is 1. The number of amides is 1. The standard InChI is InChI=1S/C14H23N5O5/c1-2-18(14(23)24)8-9-10(20)7-12(22)19(9)11(21)5-3-4-6-17-13(15)16/h7,20,22H,2-6,8H2,1H3,(H,23,24)(H4,15,16,17). The Morgan fingerprint density at radius 3 is 2.50 bits per heavy atom. The van der Waals surface area contributed by atoms with Gasteiger partial charge in [-0.3, -0.25) is 9.79 Å². The van der Waals surface area contributed by atoms with Crippen LogP contribution >= 0.6 is 0 Å². The third kappa shape index (κ3) is 5.07. The Hall–Kier alpha value is -2.91. The van der Waals surface area contributed by atoms with E-state index >= 15 is 0 Å². The third-order valence-corrected chi connectivity index (χ3v) is 3.40. The number of aromatic nitrogens is 1. The molecule has 134 valence electrons. The zero-order chi connectivity index (χ0) is 18.3. The number of unbranched alkanes of at least 4 members (excludes halogenated alkanes) is 1. The van der Waals surface area contributed by atoms with Crippen molar-refractivity contribution in [2.24, 2.45) is 16.5 Å². The van der Waals surface area contributed by atoms with E-state index in [1.54, 1.807) is 6.92 Å². The van der Waals surface area contributed by atoms with E-state index < -0.39 is 17.9 Å². The number of nitrogens with zero attached hydrogens (tertiary/aromatic N) is 3. The van der Waals surface area contributed by atoms with Crippen molar-refractivity contribution >= 4 is 18.0 Å². The molecule has 24 heavy (non-hydrogen) atoms. The summed E-state index contributed by atoms with van der Waals surface area (Å²) in [6.45, 7) is 1.98. The minimum Gasteiger partial charge on any atom is -0.506 e. The van der Waals surface area contributed by atoms with Crippen molar-refractivity contribution in [3.05, 3.63) is 11.8 Å². The normalized spacial score (nSPS) is 10.4. The maximum absolute atomic E-state index is 12.3. The molecule has 0 saturated carbocycles. The lowest BCUT2D eigenvalue weighted by Crippen LogP contribution is -2.30. The molecule has 10 nitrogen and oxygen atoms in total. The molecule has 0 radical (unpaired) electrons. The molecule has 0 bridgehead atoms. The van der Waals surface area contributed by atoms with Crippen LogP contribution in [0.15, 0.2) is 11.1 Å². The first-order valence-electron chi connectivity index (χ1n) is 7.46. The van der Waals surface area contributed by atoms with Crippen molar-refractivity contribution in [2.75, 3.05) is 13.1 Å². The number of carbonyl (C=O) groups excluding carboxylic acids is 1. The fourth-order valence-electron chi connectivity index (χ4n) is 2.16. The van der Waals surface area contributed by atoms with Gasteiger partial charge in [-0.05, 0) is 19.8 Å². The zero-order valence-electron chi connectivity index (χ0n) is 13.5. The first-order valence-corrected chi connectivity index (χ1v) is 7.46. The number of guanidine groups is 1. The number of carbonyl (C=O) groups is 2. The molecule has 1 rings (SSSR count).